The molecular formula is C23H24FN5O4. The average Bonchev–Trinajstić information content (AvgIpc) is 3.48. The summed E-state index contributed by atoms with van der Waals surface area (Å²) < 4.78 is 24.7. The summed E-state index contributed by atoms with van der Waals surface area (Å²) in [5.74, 6) is -0.594. The van der Waals surface area contributed by atoms with Gasteiger partial charge in [0.25, 0.3) is 0 Å². The molecule has 2 amide bonds. The lowest BCUT2D eigenvalue weighted by Crippen LogP contribution is -2.34. The van der Waals surface area contributed by atoms with Crippen LogP contribution in [0.15, 0.2) is 36.5 Å². The summed E-state index contributed by atoms with van der Waals surface area (Å²) in [7, 11) is 1.24. The number of rotatable bonds is 6. The van der Waals surface area contributed by atoms with Gasteiger partial charge in [0.15, 0.2) is 0 Å². The molecule has 1 unspecified atom stereocenters. The van der Waals surface area contributed by atoms with Crippen molar-refractivity contribution < 1.29 is 23.5 Å². The van der Waals surface area contributed by atoms with Gasteiger partial charge in [-0.25, -0.2) is 14.0 Å². The molecule has 0 aliphatic carbocycles. The average molecular weight is 453 g/mol. The number of alkyl carbamates (subject to hydrolysis) is 1. The van der Waals surface area contributed by atoms with E-state index in [0.717, 1.165) is 19.5 Å². The maximum Gasteiger partial charge on any atom is 0.414 e. The summed E-state index contributed by atoms with van der Waals surface area (Å²) in [6.07, 6.45) is 0.684. The first-order chi connectivity index (χ1) is 16.0. The van der Waals surface area contributed by atoms with E-state index in [1.807, 2.05) is 0 Å². The third kappa shape index (κ3) is 4.88. The number of ether oxygens (including phenoxy) is 2. The van der Waals surface area contributed by atoms with Gasteiger partial charge in [-0.15, -0.1) is 0 Å². The number of amides is 2. The molecule has 3 heterocycles. The molecule has 2 aliphatic heterocycles. The highest BCUT2D eigenvalue weighted by atomic mass is 19.1. The molecule has 0 radical (unpaired) electrons. The molecule has 0 spiro atoms. The lowest BCUT2D eigenvalue weighted by Gasteiger charge is -2.16. The summed E-state index contributed by atoms with van der Waals surface area (Å²) in [6.45, 7) is 1.94. The summed E-state index contributed by atoms with van der Waals surface area (Å²) in [6, 6.07) is 10.3. The second-order valence-electron chi connectivity index (χ2n) is 7.98. The molecule has 2 saturated heterocycles. The SMILES string of the molecule is COC(=O)NC[C@H]1CN(c2ccc(-c3ccc(C(C#N)[C@@H]4CCNC4)nc3)c(F)c2)C(=O)O1. The first-order valence-corrected chi connectivity index (χ1v) is 10.7. The van der Waals surface area contributed by atoms with E-state index < -0.39 is 24.1 Å². The Kier molecular flexibility index (Phi) is 6.70. The normalized spacial score (nSPS) is 20.8. The van der Waals surface area contributed by atoms with Crippen molar-refractivity contribution in [3.8, 4) is 17.2 Å². The van der Waals surface area contributed by atoms with Crippen molar-refractivity contribution in [1.82, 2.24) is 15.6 Å². The number of benzene rings is 1. The first-order valence-electron chi connectivity index (χ1n) is 10.7. The number of nitriles is 1. The molecule has 2 aromatic rings. The monoisotopic (exact) mass is 453 g/mol. The third-order valence-electron chi connectivity index (χ3n) is 5.92. The first kappa shape index (κ1) is 22.5. The van der Waals surface area contributed by atoms with E-state index in [0.29, 0.717) is 22.5 Å². The van der Waals surface area contributed by atoms with Crippen molar-refractivity contribution in [3.05, 3.63) is 48.0 Å². The van der Waals surface area contributed by atoms with Crippen molar-refractivity contribution in [2.45, 2.75) is 18.4 Å². The zero-order chi connectivity index (χ0) is 23.4. The van der Waals surface area contributed by atoms with Crippen LogP contribution in [-0.2, 0) is 9.47 Å². The Labute approximate surface area is 190 Å². The molecule has 3 atom stereocenters. The van der Waals surface area contributed by atoms with Gasteiger partial charge in [0, 0.05) is 17.3 Å². The van der Waals surface area contributed by atoms with E-state index in [1.165, 1.54) is 18.1 Å². The second-order valence-corrected chi connectivity index (χ2v) is 7.98. The number of anilines is 1. The number of cyclic esters (lactones) is 1. The molecular weight excluding hydrogens is 429 g/mol. The number of hydrogen-bond donors (Lipinski definition) is 2. The minimum absolute atomic E-state index is 0.0914. The van der Waals surface area contributed by atoms with Gasteiger partial charge in [0.2, 0.25) is 0 Å². The Morgan fingerprint density at radius 1 is 1.45 bits per heavy atom. The van der Waals surface area contributed by atoms with Crippen LogP contribution in [0.5, 0.6) is 0 Å². The highest BCUT2D eigenvalue weighted by Crippen LogP contribution is 2.31. The van der Waals surface area contributed by atoms with Crippen LogP contribution in [0.3, 0.4) is 0 Å². The number of pyridine rings is 1. The predicted molar refractivity (Wildman–Crippen MR) is 117 cm³/mol. The summed E-state index contributed by atoms with van der Waals surface area (Å²) in [5, 5.41) is 15.3. The molecule has 2 N–H and O–H groups in total. The Morgan fingerprint density at radius 3 is 2.94 bits per heavy atom. The lowest BCUT2D eigenvalue weighted by molar-refractivity contribution is 0.132. The molecule has 10 heteroatoms. The molecule has 0 bridgehead atoms. The second kappa shape index (κ2) is 9.83. The molecule has 2 aliphatic rings. The Balaban J connectivity index is 1.46. The molecule has 9 nitrogen and oxygen atoms in total. The van der Waals surface area contributed by atoms with Crippen molar-refractivity contribution in [2.24, 2.45) is 5.92 Å². The van der Waals surface area contributed by atoms with Crippen LogP contribution in [0.1, 0.15) is 18.0 Å². The van der Waals surface area contributed by atoms with Crippen LogP contribution < -0.4 is 15.5 Å². The summed E-state index contributed by atoms with van der Waals surface area (Å²) in [4.78, 5) is 29.1. The lowest BCUT2D eigenvalue weighted by atomic mass is 9.89. The number of nitrogens with zero attached hydrogens (tertiary/aromatic N) is 3. The minimum Gasteiger partial charge on any atom is -0.453 e. The number of hydrogen-bond acceptors (Lipinski definition) is 7. The fourth-order valence-electron chi connectivity index (χ4n) is 4.14. The Morgan fingerprint density at radius 2 is 2.30 bits per heavy atom. The summed E-state index contributed by atoms with van der Waals surface area (Å²) >= 11 is 0. The standard InChI is InChI=1S/C23H24FN5O4/c1-32-22(30)28-12-17-13-29(23(31)33-17)16-3-4-18(20(24)8-16)14-2-5-21(27-11-14)19(9-25)15-6-7-26-10-15/h2-5,8,11,15,17,19,26H,6-7,10,12-13H2,1H3,(H,28,30)/t15-,17+,19?/m1/s1. The van der Waals surface area contributed by atoms with Gasteiger partial charge in [-0.1, -0.05) is 6.07 Å². The Bertz CT molecular complexity index is 1070. The van der Waals surface area contributed by atoms with E-state index >= 15 is 0 Å². The van der Waals surface area contributed by atoms with Crippen LogP contribution in [0.25, 0.3) is 11.1 Å². The molecule has 0 saturated carbocycles. The summed E-state index contributed by atoms with van der Waals surface area (Å²) in [5.41, 5.74) is 1.95. The zero-order valence-electron chi connectivity index (χ0n) is 18.1. The van der Waals surface area contributed by atoms with E-state index in [2.05, 4.69) is 26.4 Å². The molecule has 172 valence electrons. The number of carbonyl (C=O) groups is 2. The van der Waals surface area contributed by atoms with Crippen molar-refractivity contribution in [2.75, 3.05) is 38.2 Å². The molecule has 4 rings (SSSR count). The van der Waals surface area contributed by atoms with Gasteiger partial charge in [-0.2, -0.15) is 5.26 Å². The van der Waals surface area contributed by atoms with Crippen LogP contribution in [-0.4, -0.2) is 56.6 Å². The van der Waals surface area contributed by atoms with Gasteiger partial charge >= 0.3 is 12.2 Å². The van der Waals surface area contributed by atoms with Crippen LogP contribution in [0.4, 0.5) is 19.7 Å². The van der Waals surface area contributed by atoms with Crippen LogP contribution >= 0.6 is 0 Å². The van der Waals surface area contributed by atoms with Gasteiger partial charge in [0.05, 0.1) is 43.6 Å². The smallest absolute Gasteiger partial charge is 0.414 e. The number of nitrogens with one attached hydrogen (secondary N) is 2. The molecule has 33 heavy (non-hydrogen) atoms. The largest absolute Gasteiger partial charge is 0.453 e. The van der Waals surface area contributed by atoms with Crippen LogP contribution in [0, 0.1) is 23.1 Å². The Hall–Kier alpha value is -3.71. The highest BCUT2D eigenvalue weighted by molar-refractivity contribution is 5.90. The maximum absolute atomic E-state index is 14.9. The van der Waals surface area contributed by atoms with Crippen molar-refractivity contribution >= 4 is 17.9 Å². The zero-order valence-corrected chi connectivity index (χ0v) is 18.1. The fraction of sp³-hybridized carbons (Fsp3) is 0.391. The molecule has 2 fully saturated rings. The van der Waals surface area contributed by atoms with E-state index in [9.17, 15) is 19.2 Å². The van der Waals surface area contributed by atoms with E-state index in [4.69, 9.17) is 4.74 Å². The number of halogens is 1. The van der Waals surface area contributed by atoms with Crippen LogP contribution in [0.2, 0.25) is 0 Å². The third-order valence-corrected chi connectivity index (χ3v) is 5.92. The quantitative estimate of drug-likeness (QED) is 0.691. The molecule has 1 aromatic heterocycles. The molecule has 1 aromatic carbocycles. The maximum atomic E-state index is 14.9. The fourth-order valence-corrected chi connectivity index (χ4v) is 4.14. The highest BCUT2D eigenvalue weighted by Gasteiger charge is 2.33. The van der Waals surface area contributed by atoms with Gasteiger partial charge < -0.3 is 20.1 Å². The van der Waals surface area contributed by atoms with Gasteiger partial charge in [-0.05, 0) is 49.7 Å². The number of methoxy groups -OCH3 is 1. The van der Waals surface area contributed by atoms with Gasteiger partial charge in [0.1, 0.15) is 11.9 Å². The van der Waals surface area contributed by atoms with Gasteiger partial charge in [-0.3, -0.25) is 9.88 Å². The van der Waals surface area contributed by atoms with Crippen molar-refractivity contribution in [1.29, 1.82) is 5.26 Å². The van der Waals surface area contributed by atoms with Crippen molar-refractivity contribution in [3.63, 3.8) is 0 Å². The number of aromatic nitrogens is 1. The predicted octanol–water partition coefficient (Wildman–Crippen LogP) is 2.79. The topological polar surface area (TPSA) is 117 Å². The van der Waals surface area contributed by atoms with E-state index in [-0.39, 0.29) is 24.9 Å². The van der Waals surface area contributed by atoms with E-state index in [1.54, 1.807) is 30.5 Å². The number of carbonyl (C=O) groups excluding carboxylic acids is 2. The minimum atomic E-state index is -0.625.